The predicted octanol–water partition coefficient (Wildman–Crippen LogP) is 2.22. The van der Waals surface area contributed by atoms with Gasteiger partial charge in [0.25, 0.3) is 0 Å². The first-order valence-electron chi connectivity index (χ1n) is 5.75. The third kappa shape index (κ3) is 1.86. The van der Waals surface area contributed by atoms with Crippen molar-refractivity contribution in [2.75, 3.05) is 7.11 Å². The van der Waals surface area contributed by atoms with Gasteiger partial charge in [0.15, 0.2) is 0 Å². The van der Waals surface area contributed by atoms with E-state index in [0.717, 1.165) is 23.4 Å². The van der Waals surface area contributed by atoms with Crippen LogP contribution in [-0.2, 0) is 17.9 Å². The second-order valence-corrected chi connectivity index (χ2v) is 4.30. The number of cyclic esters (lactones) is 1. The molecule has 0 amide bonds. The van der Waals surface area contributed by atoms with E-state index in [-0.39, 0.29) is 5.97 Å². The number of methoxy groups -OCH3 is 1. The average molecular weight is 243 g/mol. The first kappa shape index (κ1) is 10.9. The highest BCUT2D eigenvalue weighted by atomic mass is 16.5. The summed E-state index contributed by atoms with van der Waals surface area (Å²) in [6.45, 7) is 1.11. The fraction of sp³-hybridized carbons (Fsp3) is 0.214. The predicted molar refractivity (Wildman–Crippen MR) is 65.6 cm³/mol. The molecule has 0 radical (unpaired) electrons. The lowest BCUT2D eigenvalue weighted by molar-refractivity contribution is 0.0533. The van der Waals surface area contributed by atoms with Gasteiger partial charge in [-0.25, -0.2) is 4.79 Å². The number of carbonyl (C=O) groups excluding carboxylic acids is 1. The van der Waals surface area contributed by atoms with Crippen LogP contribution in [0.3, 0.4) is 0 Å². The van der Waals surface area contributed by atoms with Crippen molar-refractivity contribution in [2.24, 2.45) is 0 Å². The van der Waals surface area contributed by atoms with E-state index in [9.17, 15) is 4.79 Å². The molecule has 0 spiro atoms. The quantitative estimate of drug-likeness (QED) is 0.776. The van der Waals surface area contributed by atoms with Crippen molar-refractivity contribution in [1.29, 1.82) is 0 Å². The molecule has 1 aromatic carbocycles. The monoisotopic (exact) mass is 243 g/mol. The molecule has 2 aromatic rings. The molecule has 3 rings (SSSR count). The number of hydrogen-bond acceptors (Lipinski definition) is 3. The molecular weight excluding hydrogens is 230 g/mol. The van der Waals surface area contributed by atoms with Gasteiger partial charge in [-0.2, -0.15) is 0 Å². The molecule has 4 heteroatoms. The first-order valence-corrected chi connectivity index (χ1v) is 5.75. The lowest BCUT2D eigenvalue weighted by Gasteiger charge is -2.06. The van der Waals surface area contributed by atoms with Gasteiger partial charge in [0, 0.05) is 24.5 Å². The Morgan fingerprint density at radius 1 is 1.39 bits per heavy atom. The van der Waals surface area contributed by atoms with E-state index in [4.69, 9.17) is 9.47 Å². The average Bonchev–Trinajstić information content (AvgIpc) is 2.92. The fourth-order valence-electron chi connectivity index (χ4n) is 2.15. The molecule has 1 aromatic heterocycles. The van der Waals surface area contributed by atoms with E-state index in [2.05, 4.69) is 0 Å². The van der Waals surface area contributed by atoms with Gasteiger partial charge in [-0.05, 0) is 17.7 Å². The van der Waals surface area contributed by atoms with Crippen LogP contribution in [0, 0.1) is 0 Å². The zero-order valence-electron chi connectivity index (χ0n) is 10.1. The van der Waals surface area contributed by atoms with Crippen LogP contribution < -0.4 is 4.74 Å². The Morgan fingerprint density at radius 3 is 3.06 bits per heavy atom. The van der Waals surface area contributed by atoms with Crippen molar-refractivity contribution in [3.05, 3.63) is 53.3 Å². The minimum absolute atomic E-state index is 0.227. The Balaban J connectivity index is 1.84. The maximum Gasteiger partial charge on any atom is 0.340 e. The molecule has 1 aliphatic rings. The second-order valence-electron chi connectivity index (χ2n) is 4.30. The summed E-state index contributed by atoms with van der Waals surface area (Å²) in [7, 11) is 1.65. The molecular formula is C14H13NO3. The largest absolute Gasteiger partial charge is 0.497 e. The summed E-state index contributed by atoms with van der Waals surface area (Å²) < 4.78 is 12.1. The van der Waals surface area contributed by atoms with Gasteiger partial charge >= 0.3 is 5.97 Å². The molecule has 0 unspecified atom stereocenters. The van der Waals surface area contributed by atoms with Crippen molar-refractivity contribution >= 4 is 5.97 Å². The molecule has 92 valence electrons. The number of fused-ring (bicyclic) bond motifs is 1. The molecule has 0 atom stereocenters. The van der Waals surface area contributed by atoms with Crippen LogP contribution >= 0.6 is 0 Å². The normalized spacial score (nSPS) is 13.3. The van der Waals surface area contributed by atoms with Crippen molar-refractivity contribution in [3.8, 4) is 5.75 Å². The van der Waals surface area contributed by atoms with Crippen LogP contribution in [0.4, 0.5) is 0 Å². The minimum Gasteiger partial charge on any atom is -0.497 e. The number of esters is 1. The Bertz CT molecular complexity index is 601. The molecule has 2 heterocycles. The third-order valence-corrected chi connectivity index (χ3v) is 3.04. The van der Waals surface area contributed by atoms with Crippen molar-refractivity contribution in [3.63, 3.8) is 0 Å². The Kier molecular flexibility index (Phi) is 2.55. The van der Waals surface area contributed by atoms with Gasteiger partial charge in [-0.15, -0.1) is 0 Å². The molecule has 18 heavy (non-hydrogen) atoms. The number of ether oxygens (including phenoxy) is 2. The molecule has 0 bridgehead atoms. The van der Waals surface area contributed by atoms with Gasteiger partial charge in [-0.3, -0.25) is 0 Å². The zero-order valence-corrected chi connectivity index (χ0v) is 10.1. The number of carbonyl (C=O) groups is 1. The number of nitrogens with zero attached hydrogens (tertiary/aromatic N) is 1. The van der Waals surface area contributed by atoms with E-state index in [0.29, 0.717) is 12.2 Å². The summed E-state index contributed by atoms with van der Waals surface area (Å²) in [5.74, 6) is 0.612. The highest BCUT2D eigenvalue weighted by Crippen LogP contribution is 2.22. The Morgan fingerprint density at radius 2 is 2.28 bits per heavy atom. The first-order chi connectivity index (χ1) is 8.76. The topological polar surface area (TPSA) is 40.5 Å². The third-order valence-electron chi connectivity index (χ3n) is 3.04. The van der Waals surface area contributed by atoms with Crippen molar-refractivity contribution in [1.82, 2.24) is 4.57 Å². The Labute approximate surface area is 105 Å². The molecule has 0 fully saturated rings. The lowest BCUT2D eigenvalue weighted by Crippen LogP contribution is -1.99. The van der Waals surface area contributed by atoms with Gasteiger partial charge < -0.3 is 14.0 Å². The molecule has 1 aliphatic heterocycles. The molecule has 0 N–H and O–H groups in total. The van der Waals surface area contributed by atoms with Gasteiger partial charge in [0.1, 0.15) is 12.4 Å². The maximum atomic E-state index is 11.4. The van der Waals surface area contributed by atoms with Crippen LogP contribution in [0.25, 0.3) is 0 Å². The highest BCUT2D eigenvalue weighted by molar-refractivity contribution is 5.93. The highest BCUT2D eigenvalue weighted by Gasteiger charge is 2.23. The van der Waals surface area contributed by atoms with E-state index in [1.165, 1.54) is 0 Å². The summed E-state index contributed by atoms with van der Waals surface area (Å²) in [5, 5.41) is 0. The van der Waals surface area contributed by atoms with E-state index < -0.39 is 0 Å². The molecule has 0 saturated carbocycles. The lowest BCUT2D eigenvalue weighted by atomic mass is 10.2. The van der Waals surface area contributed by atoms with Crippen LogP contribution in [0.2, 0.25) is 0 Å². The second kappa shape index (κ2) is 4.22. The van der Waals surface area contributed by atoms with Crippen LogP contribution in [0.5, 0.6) is 5.75 Å². The SMILES string of the molecule is COc1cccc(Cn2cc3c(c2)C(=O)OC3)c1. The zero-order chi connectivity index (χ0) is 12.5. The summed E-state index contributed by atoms with van der Waals surface area (Å²) >= 11 is 0. The Hall–Kier alpha value is -2.23. The van der Waals surface area contributed by atoms with Gasteiger partial charge in [-0.1, -0.05) is 12.1 Å². The van der Waals surface area contributed by atoms with Crippen molar-refractivity contribution < 1.29 is 14.3 Å². The van der Waals surface area contributed by atoms with E-state index in [1.54, 1.807) is 7.11 Å². The smallest absolute Gasteiger partial charge is 0.340 e. The minimum atomic E-state index is -0.227. The van der Waals surface area contributed by atoms with Gasteiger partial charge in [0.05, 0.1) is 12.7 Å². The summed E-state index contributed by atoms with van der Waals surface area (Å²) in [6, 6.07) is 7.89. The number of hydrogen-bond donors (Lipinski definition) is 0. The van der Waals surface area contributed by atoms with Gasteiger partial charge in [0.2, 0.25) is 0 Å². The summed E-state index contributed by atoms with van der Waals surface area (Å²) in [5.41, 5.74) is 2.78. The molecule has 0 saturated heterocycles. The fourth-order valence-corrected chi connectivity index (χ4v) is 2.15. The van der Waals surface area contributed by atoms with Crippen LogP contribution in [0.15, 0.2) is 36.7 Å². The standard InChI is InChI=1S/C14H13NO3/c1-17-12-4-2-3-10(5-12)6-15-7-11-9-18-14(16)13(11)8-15/h2-5,7-8H,6,9H2,1H3. The van der Waals surface area contributed by atoms with E-state index >= 15 is 0 Å². The van der Waals surface area contributed by atoms with Crippen molar-refractivity contribution in [2.45, 2.75) is 13.2 Å². The summed E-state index contributed by atoms with van der Waals surface area (Å²) in [6.07, 6.45) is 3.80. The maximum absolute atomic E-state index is 11.4. The van der Waals surface area contributed by atoms with E-state index in [1.807, 2.05) is 41.2 Å². The van der Waals surface area contributed by atoms with Crippen LogP contribution in [-0.4, -0.2) is 17.6 Å². The van der Waals surface area contributed by atoms with Crippen LogP contribution in [0.1, 0.15) is 21.5 Å². The molecule has 4 nitrogen and oxygen atoms in total. The number of benzene rings is 1. The summed E-state index contributed by atoms with van der Waals surface area (Å²) in [4.78, 5) is 11.4. The number of aromatic nitrogens is 1. The number of rotatable bonds is 3. The molecule has 0 aliphatic carbocycles.